The number of aromatic hydroxyl groups is 1. The van der Waals surface area contributed by atoms with Crippen LogP contribution in [0.2, 0.25) is 0 Å². The molecule has 0 bridgehead atoms. The third-order valence-corrected chi connectivity index (χ3v) is 6.87. The molecule has 0 saturated carbocycles. The summed E-state index contributed by atoms with van der Waals surface area (Å²) in [5, 5.41) is 23.6. The number of nitrogens with one attached hydrogen (secondary N) is 2. The number of phenolic OH excluding ortho intramolecular Hbond substituents is 1. The standard InChI is InChI=1S/C29H39N3O5/c1-7-8-24(28(2,3)4)29(5,6)37-23(17-30-16-19-10-9-18(15-31-19)27(35)36)20-11-13-22(33)26-21(20)12-14-25(34)32-26/h9-15,23-24,30,33H,7-8,16-17H2,1-6H3,(H,32,34)(H,35,36)/t23-,24?/m0/s1. The van der Waals surface area contributed by atoms with Crippen LogP contribution in [-0.4, -0.2) is 38.3 Å². The number of carbonyl (C=O) groups is 1. The lowest BCUT2D eigenvalue weighted by Gasteiger charge is -2.44. The largest absolute Gasteiger partial charge is 0.506 e. The van der Waals surface area contributed by atoms with E-state index in [0.29, 0.717) is 29.7 Å². The number of hydrogen-bond donors (Lipinski definition) is 4. The van der Waals surface area contributed by atoms with E-state index in [9.17, 15) is 14.7 Å². The van der Waals surface area contributed by atoms with Crippen molar-refractivity contribution < 1.29 is 19.7 Å². The summed E-state index contributed by atoms with van der Waals surface area (Å²) in [6.07, 6.45) is 3.00. The van der Waals surface area contributed by atoms with E-state index >= 15 is 0 Å². The summed E-state index contributed by atoms with van der Waals surface area (Å²) >= 11 is 0. The van der Waals surface area contributed by atoms with Crippen molar-refractivity contribution in [1.82, 2.24) is 15.3 Å². The molecule has 2 atom stereocenters. The smallest absolute Gasteiger partial charge is 0.337 e. The summed E-state index contributed by atoms with van der Waals surface area (Å²) in [5.41, 5.74) is 1.33. The van der Waals surface area contributed by atoms with Gasteiger partial charge in [-0.1, -0.05) is 40.2 Å². The topological polar surface area (TPSA) is 125 Å². The van der Waals surface area contributed by atoms with Crippen molar-refractivity contribution in [1.29, 1.82) is 0 Å². The summed E-state index contributed by atoms with van der Waals surface area (Å²) < 4.78 is 6.90. The van der Waals surface area contributed by atoms with Crippen LogP contribution in [-0.2, 0) is 11.3 Å². The van der Waals surface area contributed by atoms with Crippen LogP contribution in [0.1, 0.15) is 82.1 Å². The average Bonchev–Trinajstić information content (AvgIpc) is 2.82. The number of nitrogens with zero attached hydrogens (tertiary/aromatic N) is 1. The van der Waals surface area contributed by atoms with Gasteiger partial charge < -0.3 is 25.3 Å². The van der Waals surface area contributed by atoms with Gasteiger partial charge in [-0.15, -0.1) is 0 Å². The molecule has 0 amide bonds. The number of carboxylic acids is 1. The Morgan fingerprint density at radius 3 is 2.43 bits per heavy atom. The number of H-pyrrole nitrogens is 1. The summed E-state index contributed by atoms with van der Waals surface area (Å²) in [6, 6.07) is 9.80. The van der Waals surface area contributed by atoms with Gasteiger partial charge in [-0.3, -0.25) is 9.78 Å². The number of carboxylic acid groups (broad SMARTS) is 1. The third kappa shape index (κ3) is 6.96. The van der Waals surface area contributed by atoms with Crippen LogP contribution in [0.5, 0.6) is 5.75 Å². The van der Waals surface area contributed by atoms with Gasteiger partial charge in [-0.2, -0.15) is 0 Å². The maximum atomic E-state index is 12.0. The summed E-state index contributed by atoms with van der Waals surface area (Å²) in [6.45, 7) is 14.0. The van der Waals surface area contributed by atoms with Crippen LogP contribution in [0, 0.1) is 11.3 Å². The minimum absolute atomic E-state index is 0.00342. The molecule has 0 radical (unpaired) electrons. The highest BCUT2D eigenvalue weighted by atomic mass is 16.5. The number of ether oxygens (including phenoxy) is 1. The van der Waals surface area contributed by atoms with E-state index in [0.717, 1.165) is 18.4 Å². The first-order valence-corrected chi connectivity index (χ1v) is 12.7. The Balaban J connectivity index is 1.95. The molecular weight excluding hydrogens is 470 g/mol. The van der Waals surface area contributed by atoms with Crippen molar-refractivity contribution in [2.75, 3.05) is 6.54 Å². The Morgan fingerprint density at radius 1 is 1.11 bits per heavy atom. The molecule has 0 fully saturated rings. The maximum Gasteiger partial charge on any atom is 0.337 e. The third-order valence-electron chi connectivity index (χ3n) is 6.87. The van der Waals surface area contributed by atoms with Gasteiger partial charge >= 0.3 is 5.97 Å². The molecule has 200 valence electrons. The number of phenols is 1. The van der Waals surface area contributed by atoms with Crippen LogP contribution < -0.4 is 10.9 Å². The highest BCUT2D eigenvalue weighted by Gasteiger charge is 2.40. The molecule has 0 aliphatic heterocycles. The van der Waals surface area contributed by atoms with Crippen molar-refractivity contribution in [3.05, 3.63) is 69.8 Å². The molecule has 0 spiro atoms. The predicted octanol–water partition coefficient (Wildman–Crippen LogP) is 5.42. The zero-order chi connectivity index (χ0) is 27.4. The summed E-state index contributed by atoms with van der Waals surface area (Å²) in [7, 11) is 0. The van der Waals surface area contributed by atoms with E-state index in [1.807, 2.05) is 6.07 Å². The lowest BCUT2D eigenvalue weighted by atomic mass is 9.69. The number of rotatable bonds is 11. The number of aromatic amines is 1. The minimum Gasteiger partial charge on any atom is -0.506 e. The van der Waals surface area contributed by atoms with Gasteiger partial charge in [-0.05, 0) is 61.4 Å². The first-order chi connectivity index (χ1) is 17.3. The van der Waals surface area contributed by atoms with Gasteiger partial charge in [0.15, 0.2) is 0 Å². The lowest BCUT2D eigenvalue weighted by molar-refractivity contribution is -0.132. The fraction of sp³-hybridized carbons (Fsp3) is 0.483. The van der Waals surface area contributed by atoms with E-state index in [1.165, 1.54) is 18.3 Å². The van der Waals surface area contributed by atoms with Crippen molar-refractivity contribution in [2.45, 2.75) is 72.6 Å². The van der Waals surface area contributed by atoms with Crippen LogP contribution in [0.25, 0.3) is 10.9 Å². The second-order valence-corrected chi connectivity index (χ2v) is 11.2. The normalized spacial score (nSPS) is 14.0. The Morgan fingerprint density at radius 2 is 1.84 bits per heavy atom. The van der Waals surface area contributed by atoms with Crippen LogP contribution in [0.3, 0.4) is 0 Å². The second-order valence-electron chi connectivity index (χ2n) is 11.2. The molecule has 8 nitrogen and oxygen atoms in total. The highest BCUT2D eigenvalue weighted by molar-refractivity contribution is 5.87. The van der Waals surface area contributed by atoms with E-state index in [2.05, 4.69) is 56.8 Å². The molecule has 0 aliphatic carbocycles. The van der Waals surface area contributed by atoms with E-state index in [4.69, 9.17) is 9.84 Å². The minimum atomic E-state index is -1.01. The maximum absolute atomic E-state index is 12.0. The van der Waals surface area contributed by atoms with Gasteiger partial charge in [0.2, 0.25) is 5.56 Å². The van der Waals surface area contributed by atoms with Crippen LogP contribution in [0.15, 0.2) is 47.4 Å². The molecule has 0 saturated heterocycles. The number of hydrogen-bond acceptors (Lipinski definition) is 6. The molecule has 4 N–H and O–H groups in total. The molecule has 1 unspecified atom stereocenters. The number of aromatic carboxylic acids is 1. The van der Waals surface area contributed by atoms with Crippen LogP contribution >= 0.6 is 0 Å². The molecular formula is C29H39N3O5. The zero-order valence-electron chi connectivity index (χ0n) is 22.6. The highest BCUT2D eigenvalue weighted by Crippen LogP contribution is 2.43. The molecule has 2 heterocycles. The molecule has 2 aromatic heterocycles. The van der Waals surface area contributed by atoms with Crippen molar-refractivity contribution >= 4 is 16.9 Å². The number of aromatic nitrogens is 2. The Bertz CT molecular complexity index is 1280. The van der Waals surface area contributed by atoms with E-state index in [1.54, 1.807) is 18.2 Å². The van der Waals surface area contributed by atoms with Crippen molar-refractivity contribution in [3.63, 3.8) is 0 Å². The van der Waals surface area contributed by atoms with Crippen molar-refractivity contribution in [2.24, 2.45) is 11.3 Å². The quantitative estimate of drug-likeness (QED) is 0.272. The molecule has 3 rings (SSSR count). The van der Waals surface area contributed by atoms with Gasteiger partial charge in [0.05, 0.1) is 28.5 Å². The number of pyridine rings is 2. The van der Waals surface area contributed by atoms with Crippen LogP contribution in [0.4, 0.5) is 0 Å². The molecule has 3 aromatic rings. The Kier molecular flexibility index (Phi) is 8.76. The zero-order valence-corrected chi connectivity index (χ0v) is 22.6. The average molecular weight is 510 g/mol. The fourth-order valence-electron chi connectivity index (χ4n) is 5.30. The summed E-state index contributed by atoms with van der Waals surface area (Å²) in [4.78, 5) is 30.1. The first-order valence-electron chi connectivity index (χ1n) is 12.7. The van der Waals surface area contributed by atoms with Gasteiger partial charge in [-0.25, -0.2) is 4.79 Å². The van der Waals surface area contributed by atoms with Gasteiger partial charge in [0.25, 0.3) is 0 Å². The predicted molar refractivity (Wildman–Crippen MR) is 145 cm³/mol. The fourth-order valence-corrected chi connectivity index (χ4v) is 5.30. The second kappa shape index (κ2) is 11.4. The van der Waals surface area contributed by atoms with Gasteiger partial charge in [0.1, 0.15) is 5.75 Å². The van der Waals surface area contributed by atoms with Gasteiger partial charge in [0, 0.05) is 30.7 Å². The SMILES string of the molecule is CCCC(C(C)(C)C)C(C)(C)O[C@@H](CNCc1ccc(C(=O)O)cn1)c1ccc(O)c2[nH]c(=O)ccc12. The number of fused-ring (bicyclic) bond motifs is 1. The molecule has 0 aliphatic rings. The van der Waals surface area contributed by atoms with Crippen molar-refractivity contribution in [3.8, 4) is 5.75 Å². The molecule has 37 heavy (non-hydrogen) atoms. The first kappa shape index (κ1) is 28.3. The Hall–Kier alpha value is -3.23. The molecule has 8 heteroatoms. The monoisotopic (exact) mass is 509 g/mol. The van der Waals surface area contributed by atoms with E-state index in [-0.39, 0.29) is 28.2 Å². The van der Waals surface area contributed by atoms with E-state index < -0.39 is 17.7 Å². The molecule has 1 aromatic carbocycles. The lowest BCUT2D eigenvalue weighted by Crippen LogP contribution is -2.44. The Labute approximate surface area is 218 Å². The summed E-state index contributed by atoms with van der Waals surface area (Å²) in [5.74, 6) is -0.731. The number of benzene rings is 1.